The van der Waals surface area contributed by atoms with E-state index in [1.807, 2.05) is 35.8 Å². The van der Waals surface area contributed by atoms with Crippen LogP contribution < -0.4 is 0 Å². The first-order valence-electron chi connectivity index (χ1n) is 6.05. The number of nitrogens with zero attached hydrogens (tertiary/aromatic N) is 2. The number of rotatable bonds is 4. The highest BCUT2D eigenvalue weighted by atomic mass is 127. The lowest BCUT2D eigenvalue weighted by Crippen LogP contribution is -2.13. The molecule has 1 heterocycles. The van der Waals surface area contributed by atoms with Crippen LogP contribution in [0.3, 0.4) is 0 Å². The van der Waals surface area contributed by atoms with E-state index in [9.17, 15) is 4.79 Å². The van der Waals surface area contributed by atoms with E-state index in [0.29, 0.717) is 24.5 Å². The molecule has 2 rings (SSSR count). The van der Waals surface area contributed by atoms with Crippen LogP contribution in [-0.4, -0.2) is 22.1 Å². The molecule has 0 aliphatic rings. The third-order valence-electron chi connectivity index (χ3n) is 2.76. The summed E-state index contributed by atoms with van der Waals surface area (Å²) in [6, 6.07) is 8.19. The molecule has 0 N–H and O–H groups in total. The maximum Gasteiger partial charge on any atom is 0.356 e. The molecule has 2 aromatic rings. The topological polar surface area (TPSA) is 44.1 Å². The van der Waals surface area contributed by atoms with E-state index in [1.54, 1.807) is 13.3 Å². The summed E-state index contributed by atoms with van der Waals surface area (Å²) < 4.78 is 8.08. The highest BCUT2D eigenvalue weighted by Gasteiger charge is 2.17. The van der Waals surface area contributed by atoms with Gasteiger partial charge in [-0.2, -0.15) is 0 Å². The molecule has 1 aromatic carbocycles. The van der Waals surface area contributed by atoms with Crippen LogP contribution >= 0.6 is 22.6 Å². The summed E-state index contributed by atoms with van der Waals surface area (Å²) >= 11 is 2.27. The molecule has 0 fully saturated rings. The third kappa shape index (κ3) is 3.34. The fraction of sp³-hybridized carbons (Fsp3) is 0.286. The average molecular weight is 370 g/mol. The number of aryl methyl sites for hydroxylation is 1. The maximum absolute atomic E-state index is 11.9. The number of carbonyl (C=O) groups is 1. The fourth-order valence-electron chi connectivity index (χ4n) is 1.85. The van der Waals surface area contributed by atoms with Crippen LogP contribution in [0.2, 0.25) is 0 Å². The summed E-state index contributed by atoms with van der Waals surface area (Å²) in [6.45, 7) is 4.60. The molecule has 100 valence electrons. The van der Waals surface area contributed by atoms with Gasteiger partial charge in [0, 0.05) is 10.1 Å². The van der Waals surface area contributed by atoms with Crippen LogP contribution in [0.15, 0.2) is 30.6 Å². The first-order chi connectivity index (χ1) is 9.11. The smallest absolute Gasteiger partial charge is 0.356 e. The van der Waals surface area contributed by atoms with Crippen molar-refractivity contribution in [1.29, 1.82) is 0 Å². The van der Waals surface area contributed by atoms with Crippen molar-refractivity contribution in [3.05, 3.63) is 51.1 Å². The van der Waals surface area contributed by atoms with Crippen molar-refractivity contribution in [2.75, 3.05) is 6.61 Å². The molecule has 0 unspecified atom stereocenters. The Balaban J connectivity index is 2.25. The van der Waals surface area contributed by atoms with Gasteiger partial charge in [-0.15, -0.1) is 0 Å². The van der Waals surface area contributed by atoms with Crippen LogP contribution in [0.25, 0.3) is 0 Å². The standard InChI is InChI=1S/C14H15IN2O2/c1-3-19-14(18)13-10(2)16-9-17(13)8-11-4-6-12(15)7-5-11/h4-7,9H,3,8H2,1-2H3. The number of imidazole rings is 1. The Morgan fingerprint density at radius 1 is 1.37 bits per heavy atom. The van der Waals surface area contributed by atoms with Gasteiger partial charge in [0.25, 0.3) is 0 Å². The lowest BCUT2D eigenvalue weighted by molar-refractivity contribution is 0.0513. The van der Waals surface area contributed by atoms with Crippen molar-refractivity contribution in [1.82, 2.24) is 9.55 Å². The first kappa shape index (κ1) is 14.0. The Labute approximate surface area is 125 Å². The number of hydrogen-bond donors (Lipinski definition) is 0. The summed E-state index contributed by atoms with van der Waals surface area (Å²) in [5.41, 5.74) is 2.35. The summed E-state index contributed by atoms with van der Waals surface area (Å²) in [5.74, 6) is -0.317. The Bertz CT molecular complexity index is 576. The highest BCUT2D eigenvalue weighted by molar-refractivity contribution is 14.1. The minimum atomic E-state index is -0.317. The molecule has 0 aliphatic carbocycles. The van der Waals surface area contributed by atoms with Gasteiger partial charge in [-0.25, -0.2) is 9.78 Å². The van der Waals surface area contributed by atoms with Crippen molar-refractivity contribution >= 4 is 28.6 Å². The van der Waals surface area contributed by atoms with E-state index in [4.69, 9.17) is 4.74 Å². The van der Waals surface area contributed by atoms with Crippen molar-refractivity contribution in [3.63, 3.8) is 0 Å². The zero-order valence-electron chi connectivity index (χ0n) is 10.9. The molecule has 1 aromatic heterocycles. The third-order valence-corrected chi connectivity index (χ3v) is 3.47. The number of hydrogen-bond acceptors (Lipinski definition) is 3. The molecule has 0 atom stereocenters. The minimum absolute atomic E-state index is 0.317. The predicted octanol–water partition coefficient (Wildman–Crippen LogP) is 3.02. The first-order valence-corrected chi connectivity index (χ1v) is 7.13. The number of esters is 1. The molecule has 0 amide bonds. The summed E-state index contributed by atoms with van der Waals surface area (Å²) in [4.78, 5) is 16.1. The van der Waals surface area contributed by atoms with Gasteiger partial charge in [-0.05, 0) is 54.1 Å². The molecule has 0 aliphatic heterocycles. The SMILES string of the molecule is CCOC(=O)c1c(C)ncn1Cc1ccc(I)cc1. The lowest BCUT2D eigenvalue weighted by Gasteiger charge is -2.08. The largest absolute Gasteiger partial charge is 0.461 e. The monoisotopic (exact) mass is 370 g/mol. The molecule has 4 nitrogen and oxygen atoms in total. The van der Waals surface area contributed by atoms with E-state index < -0.39 is 0 Å². The molecular weight excluding hydrogens is 355 g/mol. The molecule has 0 saturated carbocycles. The fourth-order valence-corrected chi connectivity index (χ4v) is 2.21. The lowest BCUT2D eigenvalue weighted by atomic mass is 10.2. The average Bonchev–Trinajstić information content (AvgIpc) is 2.74. The molecule has 19 heavy (non-hydrogen) atoms. The van der Waals surface area contributed by atoms with Crippen LogP contribution in [0.5, 0.6) is 0 Å². The highest BCUT2D eigenvalue weighted by Crippen LogP contribution is 2.13. The van der Waals surface area contributed by atoms with Gasteiger partial charge < -0.3 is 9.30 Å². The number of ether oxygens (including phenoxy) is 1. The number of carbonyl (C=O) groups excluding carboxylic acids is 1. The summed E-state index contributed by atoms with van der Waals surface area (Å²) in [6.07, 6.45) is 1.68. The number of aromatic nitrogens is 2. The molecule has 5 heteroatoms. The molecule has 0 bridgehead atoms. The molecular formula is C14H15IN2O2. The van der Waals surface area contributed by atoms with Gasteiger partial charge in [0.05, 0.1) is 18.6 Å². The maximum atomic E-state index is 11.9. The molecule has 0 radical (unpaired) electrons. The van der Waals surface area contributed by atoms with E-state index in [1.165, 1.54) is 3.57 Å². The molecule has 0 spiro atoms. The van der Waals surface area contributed by atoms with Crippen molar-refractivity contribution in [2.24, 2.45) is 0 Å². The van der Waals surface area contributed by atoms with Gasteiger partial charge >= 0.3 is 5.97 Å². The second-order valence-electron chi connectivity index (χ2n) is 4.15. The Hall–Kier alpha value is -1.37. The Morgan fingerprint density at radius 3 is 2.68 bits per heavy atom. The number of benzene rings is 1. The van der Waals surface area contributed by atoms with Gasteiger partial charge in [-0.3, -0.25) is 0 Å². The predicted molar refractivity (Wildman–Crippen MR) is 81.2 cm³/mol. The second kappa shape index (κ2) is 6.18. The Morgan fingerprint density at radius 2 is 2.05 bits per heavy atom. The van der Waals surface area contributed by atoms with Crippen molar-refractivity contribution < 1.29 is 9.53 Å². The van der Waals surface area contributed by atoms with E-state index in [-0.39, 0.29) is 5.97 Å². The van der Waals surface area contributed by atoms with Gasteiger partial charge in [-0.1, -0.05) is 12.1 Å². The van der Waals surface area contributed by atoms with Crippen molar-refractivity contribution in [3.8, 4) is 0 Å². The van der Waals surface area contributed by atoms with Gasteiger partial charge in [0.15, 0.2) is 5.69 Å². The van der Waals surface area contributed by atoms with E-state index in [0.717, 1.165) is 5.56 Å². The van der Waals surface area contributed by atoms with Gasteiger partial charge in [0.2, 0.25) is 0 Å². The number of halogens is 1. The van der Waals surface area contributed by atoms with Crippen LogP contribution in [0.1, 0.15) is 28.7 Å². The van der Waals surface area contributed by atoms with Crippen LogP contribution in [-0.2, 0) is 11.3 Å². The zero-order chi connectivity index (χ0) is 13.8. The Kier molecular flexibility index (Phi) is 4.57. The summed E-state index contributed by atoms with van der Waals surface area (Å²) in [5, 5.41) is 0. The quantitative estimate of drug-likeness (QED) is 0.614. The molecule has 0 saturated heterocycles. The van der Waals surface area contributed by atoms with Gasteiger partial charge in [0.1, 0.15) is 0 Å². The minimum Gasteiger partial charge on any atom is -0.461 e. The normalized spacial score (nSPS) is 10.5. The van der Waals surface area contributed by atoms with Crippen LogP contribution in [0.4, 0.5) is 0 Å². The van der Waals surface area contributed by atoms with E-state index >= 15 is 0 Å². The van der Waals surface area contributed by atoms with Crippen molar-refractivity contribution in [2.45, 2.75) is 20.4 Å². The zero-order valence-corrected chi connectivity index (χ0v) is 13.0. The summed E-state index contributed by atoms with van der Waals surface area (Å²) in [7, 11) is 0. The second-order valence-corrected chi connectivity index (χ2v) is 5.40. The van der Waals surface area contributed by atoms with Crippen LogP contribution in [0, 0.1) is 10.5 Å². The van der Waals surface area contributed by atoms with E-state index in [2.05, 4.69) is 27.6 Å².